The van der Waals surface area contributed by atoms with Gasteiger partial charge < -0.3 is 11.1 Å². The summed E-state index contributed by atoms with van der Waals surface area (Å²) in [5.74, 6) is 0. The lowest BCUT2D eigenvalue weighted by Gasteiger charge is -2.13. The Morgan fingerprint density at radius 2 is 2.11 bits per heavy atom. The minimum atomic E-state index is -0.478. The van der Waals surface area contributed by atoms with Crippen molar-refractivity contribution in [2.45, 2.75) is 24.7 Å². The quantitative estimate of drug-likeness (QED) is 0.630. The van der Waals surface area contributed by atoms with Crippen molar-refractivity contribution in [2.24, 2.45) is 5.73 Å². The van der Waals surface area contributed by atoms with Gasteiger partial charge in [-0.05, 0) is 6.92 Å². The Labute approximate surface area is 63.1 Å². The molecule has 2 atom stereocenters. The molecule has 0 bridgehead atoms. The topological polar surface area (TPSA) is 55.1 Å². The van der Waals surface area contributed by atoms with Gasteiger partial charge in [0.05, 0.1) is 0 Å². The summed E-state index contributed by atoms with van der Waals surface area (Å²) in [6.07, 6.45) is 0. The minimum Gasteiger partial charge on any atom is -0.352 e. The van der Waals surface area contributed by atoms with Crippen LogP contribution in [-0.4, -0.2) is 16.9 Å². The molecule has 0 aromatic rings. The van der Waals surface area contributed by atoms with Gasteiger partial charge >= 0.3 is 6.03 Å². The van der Waals surface area contributed by atoms with Gasteiger partial charge in [0, 0.05) is 10.9 Å². The first-order chi connectivity index (χ1) is 4.04. The van der Waals surface area contributed by atoms with E-state index in [1.54, 1.807) is 0 Å². The fourth-order valence-corrected chi connectivity index (χ4v) is 0.471. The van der Waals surface area contributed by atoms with E-state index in [1.807, 2.05) is 13.8 Å². The van der Waals surface area contributed by atoms with Gasteiger partial charge in [-0.2, -0.15) is 0 Å². The zero-order valence-corrected chi connectivity index (χ0v) is 7.10. The molecule has 0 heterocycles. The molecule has 0 fully saturated rings. The minimum absolute atomic E-state index is 0.0856. The predicted molar refractivity (Wildman–Crippen MR) is 40.6 cm³/mol. The highest BCUT2D eigenvalue weighted by molar-refractivity contribution is 9.09. The van der Waals surface area contributed by atoms with Crippen LogP contribution in [0.5, 0.6) is 0 Å². The molecular formula is C5H11BrN2O. The first-order valence-electron chi connectivity index (χ1n) is 2.74. The van der Waals surface area contributed by atoms with Crippen molar-refractivity contribution < 1.29 is 4.79 Å². The molecule has 3 N–H and O–H groups in total. The van der Waals surface area contributed by atoms with Crippen molar-refractivity contribution in [3.8, 4) is 0 Å². The van der Waals surface area contributed by atoms with E-state index in [1.165, 1.54) is 0 Å². The fourth-order valence-electron chi connectivity index (χ4n) is 0.339. The van der Waals surface area contributed by atoms with Gasteiger partial charge in [0.2, 0.25) is 0 Å². The van der Waals surface area contributed by atoms with Gasteiger partial charge in [-0.15, -0.1) is 0 Å². The number of primary amides is 1. The smallest absolute Gasteiger partial charge is 0.312 e. The maximum Gasteiger partial charge on any atom is 0.312 e. The Hall–Kier alpha value is -0.250. The summed E-state index contributed by atoms with van der Waals surface area (Å²) in [5.41, 5.74) is 4.86. The summed E-state index contributed by atoms with van der Waals surface area (Å²) in [6.45, 7) is 3.82. The van der Waals surface area contributed by atoms with E-state index in [0.717, 1.165) is 0 Å². The van der Waals surface area contributed by atoms with Crippen molar-refractivity contribution in [1.82, 2.24) is 5.32 Å². The van der Waals surface area contributed by atoms with Crippen molar-refractivity contribution in [2.75, 3.05) is 0 Å². The molecule has 0 saturated carbocycles. The summed E-state index contributed by atoms with van der Waals surface area (Å²) < 4.78 is 0. The van der Waals surface area contributed by atoms with Crippen LogP contribution in [0.3, 0.4) is 0 Å². The highest BCUT2D eigenvalue weighted by atomic mass is 79.9. The lowest BCUT2D eigenvalue weighted by atomic mass is 10.3. The summed E-state index contributed by atoms with van der Waals surface area (Å²) in [4.78, 5) is 10.5. The molecule has 0 aliphatic heterocycles. The van der Waals surface area contributed by atoms with Crippen LogP contribution in [-0.2, 0) is 0 Å². The van der Waals surface area contributed by atoms with Crippen molar-refractivity contribution in [3.05, 3.63) is 0 Å². The van der Waals surface area contributed by atoms with Gasteiger partial charge in [-0.25, -0.2) is 4.79 Å². The SMILES string of the molecule is CC(Br)C(C)NC(N)=O. The largest absolute Gasteiger partial charge is 0.352 e. The number of rotatable bonds is 2. The van der Waals surface area contributed by atoms with E-state index in [4.69, 9.17) is 5.73 Å². The first kappa shape index (κ1) is 8.75. The van der Waals surface area contributed by atoms with E-state index in [-0.39, 0.29) is 10.9 Å². The predicted octanol–water partition coefficient (Wildman–Crippen LogP) is 0.827. The third-order valence-electron chi connectivity index (χ3n) is 1.06. The normalized spacial score (nSPS) is 16.3. The van der Waals surface area contributed by atoms with Crippen LogP contribution in [0.1, 0.15) is 13.8 Å². The third kappa shape index (κ3) is 4.27. The highest BCUT2D eigenvalue weighted by Crippen LogP contribution is 2.02. The average molecular weight is 195 g/mol. The summed E-state index contributed by atoms with van der Waals surface area (Å²) >= 11 is 3.30. The number of hydrogen-bond donors (Lipinski definition) is 2. The van der Waals surface area contributed by atoms with Crippen LogP contribution in [0.15, 0.2) is 0 Å². The Balaban J connectivity index is 3.50. The van der Waals surface area contributed by atoms with Gasteiger partial charge in [-0.1, -0.05) is 22.9 Å². The van der Waals surface area contributed by atoms with Crippen LogP contribution in [0.4, 0.5) is 4.79 Å². The average Bonchev–Trinajstić information content (AvgIpc) is 1.63. The van der Waals surface area contributed by atoms with E-state index < -0.39 is 6.03 Å². The van der Waals surface area contributed by atoms with Crippen LogP contribution in [0.2, 0.25) is 0 Å². The number of amides is 2. The summed E-state index contributed by atoms with van der Waals surface area (Å²) in [7, 11) is 0. The molecule has 0 radical (unpaired) electrons. The number of carbonyl (C=O) groups excluding carboxylic acids is 1. The second kappa shape index (κ2) is 3.71. The molecule has 0 spiro atoms. The standard InChI is InChI=1S/C5H11BrN2O/c1-3(6)4(2)8-5(7)9/h3-4H,1-2H3,(H3,7,8,9). The summed E-state index contributed by atoms with van der Waals surface area (Å²) in [6, 6.07) is -0.392. The molecule has 0 aliphatic carbocycles. The Morgan fingerprint density at radius 1 is 1.67 bits per heavy atom. The van der Waals surface area contributed by atoms with Crippen LogP contribution >= 0.6 is 15.9 Å². The molecule has 2 amide bonds. The lowest BCUT2D eigenvalue weighted by Crippen LogP contribution is -2.40. The Morgan fingerprint density at radius 3 is 2.22 bits per heavy atom. The van der Waals surface area contributed by atoms with Gasteiger partial charge in [0.15, 0.2) is 0 Å². The summed E-state index contributed by atoms with van der Waals surface area (Å²) in [5, 5.41) is 2.53. The van der Waals surface area contributed by atoms with Crippen LogP contribution in [0.25, 0.3) is 0 Å². The number of nitrogens with one attached hydrogen (secondary N) is 1. The maximum atomic E-state index is 10.2. The number of hydrogen-bond acceptors (Lipinski definition) is 1. The second-order valence-corrected chi connectivity index (χ2v) is 3.42. The number of halogens is 1. The number of nitrogens with two attached hydrogens (primary N) is 1. The lowest BCUT2D eigenvalue weighted by molar-refractivity contribution is 0.246. The van der Waals surface area contributed by atoms with E-state index in [2.05, 4.69) is 21.2 Å². The maximum absolute atomic E-state index is 10.2. The molecule has 0 saturated heterocycles. The first-order valence-corrected chi connectivity index (χ1v) is 3.65. The number of alkyl halides is 1. The molecule has 0 rings (SSSR count). The molecule has 0 aromatic carbocycles. The van der Waals surface area contributed by atoms with Gasteiger partial charge in [0.25, 0.3) is 0 Å². The fraction of sp³-hybridized carbons (Fsp3) is 0.800. The zero-order chi connectivity index (χ0) is 7.44. The van der Waals surface area contributed by atoms with E-state index in [9.17, 15) is 4.79 Å². The Kier molecular flexibility index (Phi) is 3.61. The molecule has 0 aliphatic rings. The van der Waals surface area contributed by atoms with E-state index >= 15 is 0 Å². The molecule has 4 heteroatoms. The van der Waals surface area contributed by atoms with E-state index in [0.29, 0.717) is 0 Å². The third-order valence-corrected chi connectivity index (χ3v) is 1.85. The van der Waals surface area contributed by atoms with Crippen molar-refractivity contribution in [3.63, 3.8) is 0 Å². The molecular weight excluding hydrogens is 184 g/mol. The number of urea groups is 1. The molecule has 3 nitrogen and oxygen atoms in total. The zero-order valence-electron chi connectivity index (χ0n) is 5.52. The number of carbonyl (C=O) groups is 1. The Bertz CT molecular complexity index is 105. The monoisotopic (exact) mass is 194 g/mol. The van der Waals surface area contributed by atoms with Crippen molar-refractivity contribution >= 4 is 22.0 Å². The highest BCUT2D eigenvalue weighted by Gasteiger charge is 2.08. The molecule has 0 aromatic heterocycles. The van der Waals surface area contributed by atoms with Crippen LogP contribution in [0, 0.1) is 0 Å². The molecule has 2 unspecified atom stereocenters. The van der Waals surface area contributed by atoms with Gasteiger partial charge in [-0.3, -0.25) is 0 Å². The van der Waals surface area contributed by atoms with Gasteiger partial charge in [0.1, 0.15) is 0 Å². The molecule has 54 valence electrons. The second-order valence-electron chi connectivity index (χ2n) is 1.97. The molecule has 9 heavy (non-hydrogen) atoms. The van der Waals surface area contributed by atoms with Crippen LogP contribution < -0.4 is 11.1 Å². The van der Waals surface area contributed by atoms with Crippen molar-refractivity contribution in [1.29, 1.82) is 0 Å².